The van der Waals surface area contributed by atoms with Gasteiger partial charge in [-0.1, -0.05) is 61.2 Å². The van der Waals surface area contributed by atoms with Crippen LogP contribution in [0, 0.1) is 0 Å². The van der Waals surface area contributed by atoms with E-state index in [-0.39, 0.29) is 0 Å². The van der Waals surface area contributed by atoms with Gasteiger partial charge in [-0.05, 0) is 56.4 Å². The van der Waals surface area contributed by atoms with Crippen molar-refractivity contribution in [3.8, 4) is 0 Å². The first-order valence-corrected chi connectivity index (χ1v) is 8.53. The molecule has 1 aromatic carbocycles. The van der Waals surface area contributed by atoms with Crippen molar-refractivity contribution in [3.05, 3.63) is 89.2 Å². The summed E-state index contributed by atoms with van der Waals surface area (Å²) in [6, 6.07) is 9.94. The van der Waals surface area contributed by atoms with E-state index in [9.17, 15) is 4.79 Å². The summed E-state index contributed by atoms with van der Waals surface area (Å²) in [5.74, 6) is 0. The first-order valence-electron chi connectivity index (χ1n) is 7.71. The van der Waals surface area contributed by atoms with Crippen LogP contribution < -0.4 is 4.72 Å². The van der Waals surface area contributed by atoms with Gasteiger partial charge in [-0.3, -0.25) is 4.79 Å². The molecule has 3 heteroatoms. The highest BCUT2D eigenvalue weighted by atomic mass is 32.2. The summed E-state index contributed by atoms with van der Waals surface area (Å²) in [6.45, 7) is 15.9. The van der Waals surface area contributed by atoms with Crippen molar-refractivity contribution >= 4 is 23.1 Å². The van der Waals surface area contributed by atoms with E-state index in [1.165, 1.54) is 17.5 Å². The van der Waals surface area contributed by atoms with E-state index in [0.717, 1.165) is 33.6 Å². The molecule has 0 aliphatic rings. The van der Waals surface area contributed by atoms with E-state index < -0.39 is 0 Å². The third-order valence-corrected chi connectivity index (χ3v) is 4.51. The Bertz CT molecular complexity index is 705. The summed E-state index contributed by atoms with van der Waals surface area (Å²) in [5, 5.41) is 0. The van der Waals surface area contributed by atoms with Gasteiger partial charge in [0.15, 0.2) is 0 Å². The average molecular weight is 340 g/mol. The summed E-state index contributed by atoms with van der Waals surface area (Å²) in [4.78, 5) is 12.0. The fourth-order valence-electron chi connectivity index (χ4n) is 1.76. The van der Waals surface area contributed by atoms with Crippen LogP contribution in [0.1, 0.15) is 33.3 Å². The van der Waals surface area contributed by atoms with Crippen LogP contribution in [-0.2, 0) is 4.79 Å². The summed E-state index contributed by atoms with van der Waals surface area (Å²) in [6.07, 6.45) is 4.88. The molecule has 0 aromatic heterocycles. The van der Waals surface area contributed by atoms with Gasteiger partial charge in [0.05, 0.1) is 0 Å². The SMILES string of the molecule is C=C(C=O)/C(C)=C(\SNC(=C)/C(C)=C/C=C(C)C)c1ccccc1. The predicted octanol–water partition coefficient (Wildman–Crippen LogP) is 5.84. The Labute approximate surface area is 149 Å². The molecule has 24 heavy (non-hydrogen) atoms. The number of rotatable bonds is 8. The summed E-state index contributed by atoms with van der Waals surface area (Å²) >= 11 is 1.45. The molecule has 0 heterocycles. The molecule has 0 saturated carbocycles. The van der Waals surface area contributed by atoms with Gasteiger partial charge in [0.1, 0.15) is 6.29 Å². The molecule has 0 amide bonds. The van der Waals surface area contributed by atoms with E-state index >= 15 is 0 Å². The molecule has 0 unspecified atom stereocenters. The van der Waals surface area contributed by atoms with Gasteiger partial charge in [0.2, 0.25) is 0 Å². The van der Waals surface area contributed by atoms with Gasteiger partial charge in [-0.25, -0.2) is 0 Å². The lowest BCUT2D eigenvalue weighted by atomic mass is 10.1. The highest BCUT2D eigenvalue weighted by molar-refractivity contribution is 8.06. The average Bonchev–Trinajstić information content (AvgIpc) is 2.59. The lowest BCUT2D eigenvalue weighted by Gasteiger charge is -2.15. The molecule has 0 bridgehead atoms. The van der Waals surface area contributed by atoms with Gasteiger partial charge in [-0.15, -0.1) is 0 Å². The van der Waals surface area contributed by atoms with E-state index in [4.69, 9.17) is 0 Å². The highest BCUT2D eigenvalue weighted by Gasteiger charge is 2.10. The molecule has 0 spiro atoms. The van der Waals surface area contributed by atoms with Crippen molar-refractivity contribution in [2.24, 2.45) is 0 Å². The minimum atomic E-state index is 0.477. The zero-order chi connectivity index (χ0) is 18.1. The Kier molecular flexibility index (Phi) is 8.07. The van der Waals surface area contributed by atoms with E-state index in [1.807, 2.05) is 50.3 Å². The molecule has 0 aliphatic carbocycles. The fraction of sp³-hybridized carbons (Fsp3) is 0.190. The van der Waals surface area contributed by atoms with Crippen molar-refractivity contribution in [2.45, 2.75) is 27.7 Å². The van der Waals surface area contributed by atoms with Gasteiger partial charge in [0, 0.05) is 16.2 Å². The number of hydrogen-bond acceptors (Lipinski definition) is 3. The molecule has 0 radical (unpaired) electrons. The minimum Gasteiger partial charge on any atom is -0.326 e. The maximum Gasteiger partial charge on any atom is 0.149 e. The van der Waals surface area contributed by atoms with Crippen LogP contribution >= 0.6 is 11.9 Å². The van der Waals surface area contributed by atoms with Gasteiger partial charge in [0.25, 0.3) is 0 Å². The lowest BCUT2D eigenvalue weighted by molar-refractivity contribution is -0.104. The number of carbonyl (C=O) groups is 1. The Balaban J connectivity index is 3.02. The van der Waals surface area contributed by atoms with E-state index in [0.29, 0.717) is 5.57 Å². The molecule has 1 rings (SSSR count). The second-order valence-corrected chi connectivity index (χ2v) is 6.56. The van der Waals surface area contributed by atoms with Crippen LogP contribution in [0.15, 0.2) is 83.6 Å². The molecule has 0 saturated heterocycles. The summed E-state index contributed by atoms with van der Waals surface area (Å²) < 4.78 is 3.27. The zero-order valence-corrected chi connectivity index (χ0v) is 15.7. The van der Waals surface area contributed by atoms with Crippen LogP contribution in [0.3, 0.4) is 0 Å². The zero-order valence-electron chi connectivity index (χ0n) is 14.8. The van der Waals surface area contributed by atoms with Gasteiger partial charge < -0.3 is 4.72 Å². The first-order chi connectivity index (χ1) is 11.4. The number of nitrogens with one attached hydrogen (secondary N) is 1. The molecular formula is C21H25NOS. The summed E-state index contributed by atoms with van der Waals surface area (Å²) in [7, 11) is 0. The summed E-state index contributed by atoms with van der Waals surface area (Å²) in [5.41, 5.74) is 5.49. The standard InChI is InChI=1S/C21H25NOS/c1-15(2)12-13-16(3)19(6)22-24-21(18(5)17(4)14-23)20-10-8-7-9-11-20/h7-14,22H,4,6H2,1-3,5H3/b16-13+,21-18-. The molecule has 1 N–H and O–H groups in total. The molecule has 0 atom stereocenters. The quantitative estimate of drug-likeness (QED) is 0.279. The Morgan fingerprint density at radius 3 is 2.21 bits per heavy atom. The third-order valence-electron chi connectivity index (χ3n) is 3.42. The Morgan fingerprint density at radius 1 is 1.04 bits per heavy atom. The van der Waals surface area contributed by atoms with Gasteiger partial charge >= 0.3 is 0 Å². The highest BCUT2D eigenvalue weighted by Crippen LogP contribution is 2.32. The van der Waals surface area contributed by atoms with Crippen molar-refractivity contribution in [1.82, 2.24) is 4.72 Å². The third kappa shape index (κ3) is 6.09. The van der Waals surface area contributed by atoms with Crippen molar-refractivity contribution in [3.63, 3.8) is 0 Å². The van der Waals surface area contributed by atoms with Crippen molar-refractivity contribution in [2.75, 3.05) is 0 Å². The number of benzene rings is 1. The number of allylic oxidation sites excluding steroid dienone is 6. The molecule has 1 aromatic rings. The largest absolute Gasteiger partial charge is 0.326 e. The Morgan fingerprint density at radius 2 is 1.67 bits per heavy atom. The lowest BCUT2D eigenvalue weighted by Crippen LogP contribution is -2.05. The van der Waals surface area contributed by atoms with Crippen LogP contribution in [0.25, 0.3) is 4.91 Å². The smallest absolute Gasteiger partial charge is 0.149 e. The molecule has 0 aliphatic heterocycles. The normalized spacial score (nSPS) is 12.1. The molecular weight excluding hydrogens is 314 g/mol. The van der Waals surface area contributed by atoms with Crippen LogP contribution in [0.2, 0.25) is 0 Å². The van der Waals surface area contributed by atoms with Crippen molar-refractivity contribution in [1.29, 1.82) is 0 Å². The number of hydrogen-bond donors (Lipinski definition) is 1. The topological polar surface area (TPSA) is 29.1 Å². The van der Waals surface area contributed by atoms with E-state index in [1.54, 1.807) is 0 Å². The predicted molar refractivity (Wildman–Crippen MR) is 107 cm³/mol. The van der Waals surface area contributed by atoms with Crippen LogP contribution in [0.5, 0.6) is 0 Å². The van der Waals surface area contributed by atoms with E-state index in [2.05, 4.69) is 37.8 Å². The molecule has 0 fully saturated rings. The second-order valence-electron chi connectivity index (χ2n) is 5.74. The fourth-order valence-corrected chi connectivity index (χ4v) is 2.69. The second kappa shape index (κ2) is 9.78. The van der Waals surface area contributed by atoms with Crippen molar-refractivity contribution < 1.29 is 4.79 Å². The Hall–Kier alpha value is -2.26. The number of aldehydes is 1. The molecule has 2 nitrogen and oxygen atoms in total. The van der Waals surface area contributed by atoms with Crippen LogP contribution in [-0.4, -0.2) is 6.29 Å². The minimum absolute atomic E-state index is 0.477. The molecule has 126 valence electrons. The maximum absolute atomic E-state index is 11.1. The number of carbonyl (C=O) groups excluding carboxylic acids is 1. The van der Waals surface area contributed by atoms with Crippen LogP contribution in [0.4, 0.5) is 0 Å². The monoisotopic (exact) mass is 339 g/mol. The first kappa shape index (κ1) is 19.8. The van der Waals surface area contributed by atoms with Gasteiger partial charge in [-0.2, -0.15) is 0 Å². The maximum atomic E-state index is 11.1.